The third-order valence-corrected chi connectivity index (χ3v) is 6.21. The minimum Gasteiger partial charge on any atom is -0.310 e. The van der Waals surface area contributed by atoms with Gasteiger partial charge in [0.1, 0.15) is 11.2 Å². The van der Waals surface area contributed by atoms with E-state index in [0.29, 0.717) is 29.7 Å². The Hall–Kier alpha value is -2.64. The molecule has 3 heterocycles. The van der Waals surface area contributed by atoms with Crippen molar-refractivity contribution >= 4 is 11.0 Å². The third kappa shape index (κ3) is 2.91. The molecular weight excluding hydrogens is 364 g/mol. The van der Waals surface area contributed by atoms with E-state index in [4.69, 9.17) is 4.98 Å². The van der Waals surface area contributed by atoms with E-state index in [1.165, 1.54) is 6.20 Å². The van der Waals surface area contributed by atoms with Crippen LogP contribution in [0.4, 0.5) is 8.78 Å². The Bertz CT molecular complexity index is 1050. The van der Waals surface area contributed by atoms with Gasteiger partial charge in [0.25, 0.3) is 5.56 Å². The fraction of sp³-hybridized carbons (Fsp3) is 0.500. The molecule has 3 aromatic heterocycles. The summed E-state index contributed by atoms with van der Waals surface area (Å²) in [5, 5.41) is 4.74. The van der Waals surface area contributed by atoms with Gasteiger partial charge in [-0.2, -0.15) is 5.10 Å². The number of hydrogen-bond donors (Lipinski definition) is 1. The predicted octanol–water partition coefficient (Wildman–Crippen LogP) is 3.93. The zero-order chi connectivity index (χ0) is 19.3. The Morgan fingerprint density at radius 2 is 1.89 bits per heavy atom. The fourth-order valence-corrected chi connectivity index (χ4v) is 4.44. The van der Waals surface area contributed by atoms with E-state index in [1.807, 2.05) is 18.2 Å². The second-order valence-electron chi connectivity index (χ2n) is 7.91. The summed E-state index contributed by atoms with van der Waals surface area (Å²) in [6, 6.07) is 5.70. The molecule has 0 amide bonds. The number of alkyl halides is 2. The van der Waals surface area contributed by atoms with Gasteiger partial charge in [-0.1, -0.05) is 6.07 Å². The third-order valence-electron chi connectivity index (χ3n) is 6.21. The molecule has 2 aliphatic carbocycles. The maximum atomic E-state index is 13.5. The van der Waals surface area contributed by atoms with Crippen LogP contribution in [0, 0.1) is 0 Å². The lowest BCUT2D eigenvalue weighted by atomic mass is 9.71. The predicted molar refractivity (Wildman–Crippen MR) is 99.6 cm³/mol. The first kappa shape index (κ1) is 17.5. The van der Waals surface area contributed by atoms with Crippen molar-refractivity contribution in [3.05, 3.63) is 52.5 Å². The Labute approximate surface area is 160 Å². The van der Waals surface area contributed by atoms with Gasteiger partial charge in [0, 0.05) is 36.6 Å². The fourth-order valence-electron chi connectivity index (χ4n) is 4.44. The molecule has 0 spiro atoms. The molecule has 0 bridgehead atoms. The summed E-state index contributed by atoms with van der Waals surface area (Å²) in [5.74, 6) is -1.63. The number of fused-ring (bicyclic) bond motifs is 1. The zero-order valence-corrected chi connectivity index (χ0v) is 15.3. The number of aromatic nitrogens is 5. The highest BCUT2D eigenvalue weighted by Gasteiger charge is 2.38. The molecule has 5 rings (SSSR count). The number of rotatable bonds is 3. The quantitative estimate of drug-likeness (QED) is 0.741. The molecule has 3 aromatic rings. The van der Waals surface area contributed by atoms with Gasteiger partial charge in [-0.25, -0.2) is 18.4 Å². The molecule has 6 nitrogen and oxygen atoms in total. The van der Waals surface area contributed by atoms with Crippen molar-refractivity contribution in [2.75, 3.05) is 0 Å². The molecule has 2 fully saturated rings. The lowest BCUT2D eigenvalue weighted by Crippen LogP contribution is -2.28. The number of nitrogens with zero attached hydrogens (tertiary/aromatic N) is 4. The Morgan fingerprint density at radius 3 is 2.57 bits per heavy atom. The van der Waals surface area contributed by atoms with Crippen LogP contribution >= 0.6 is 0 Å². The number of nitrogens with one attached hydrogen (secondary N) is 1. The van der Waals surface area contributed by atoms with Crippen LogP contribution in [0.2, 0.25) is 0 Å². The van der Waals surface area contributed by atoms with Crippen LogP contribution in [0.5, 0.6) is 0 Å². The van der Waals surface area contributed by atoms with E-state index in [0.717, 1.165) is 18.5 Å². The molecule has 0 aromatic carbocycles. The molecule has 146 valence electrons. The smallest absolute Gasteiger partial charge is 0.262 e. The summed E-state index contributed by atoms with van der Waals surface area (Å²) in [6.45, 7) is 0. The highest BCUT2D eigenvalue weighted by atomic mass is 19.3. The van der Waals surface area contributed by atoms with Gasteiger partial charge >= 0.3 is 0 Å². The van der Waals surface area contributed by atoms with Gasteiger partial charge in [0.05, 0.1) is 12.2 Å². The molecule has 1 N–H and O–H groups in total. The van der Waals surface area contributed by atoms with Crippen molar-refractivity contribution in [3.8, 4) is 0 Å². The standard InChI is InChI=1S/C20H21F2N5O/c21-20(22)8-6-12(7-9-20)27-18-15(11-24-27)19(28)26-17(25-18)14-5-4-13(14)16-3-1-2-10-23-16/h1-3,10-14H,4-9H2,(H,25,26,28)/t13?,14-/m0/s1. The summed E-state index contributed by atoms with van der Waals surface area (Å²) >= 11 is 0. The van der Waals surface area contributed by atoms with Crippen molar-refractivity contribution in [2.45, 2.75) is 62.3 Å². The van der Waals surface area contributed by atoms with Crippen molar-refractivity contribution in [1.82, 2.24) is 24.7 Å². The summed E-state index contributed by atoms with van der Waals surface area (Å²) in [5.41, 5.74) is 1.28. The van der Waals surface area contributed by atoms with Crippen LogP contribution in [0.15, 0.2) is 35.4 Å². The largest absolute Gasteiger partial charge is 0.310 e. The van der Waals surface area contributed by atoms with Crippen LogP contribution in [0.25, 0.3) is 11.0 Å². The van der Waals surface area contributed by atoms with Gasteiger partial charge in [-0.3, -0.25) is 9.78 Å². The molecular formula is C20H21F2N5O. The van der Waals surface area contributed by atoms with Crippen molar-refractivity contribution < 1.29 is 8.78 Å². The first-order valence-electron chi connectivity index (χ1n) is 9.78. The molecule has 2 atom stereocenters. The molecule has 2 saturated carbocycles. The minimum atomic E-state index is -2.60. The lowest BCUT2D eigenvalue weighted by molar-refractivity contribution is -0.0446. The summed E-state index contributed by atoms with van der Waals surface area (Å²) in [4.78, 5) is 24.7. The van der Waals surface area contributed by atoms with Gasteiger partial charge in [0.15, 0.2) is 5.65 Å². The highest BCUT2D eigenvalue weighted by molar-refractivity contribution is 5.73. The van der Waals surface area contributed by atoms with Crippen LogP contribution in [-0.4, -0.2) is 30.7 Å². The van der Waals surface area contributed by atoms with Crippen molar-refractivity contribution in [3.63, 3.8) is 0 Å². The van der Waals surface area contributed by atoms with Crippen molar-refractivity contribution in [1.29, 1.82) is 0 Å². The van der Waals surface area contributed by atoms with Gasteiger partial charge in [0.2, 0.25) is 5.92 Å². The number of halogens is 2. The van der Waals surface area contributed by atoms with E-state index in [9.17, 15) is 13.6 Å². The zero-order valence-electron chi connectivity index (χ0n) is 15.3. The summed E-state index contributed by atoms with van der Waals surface area (Å²) in [7, 11) is 0. The molecule has 2 aliphatic rings. The van der Waals surface area contributed by atoms with E-state index in [1.54, 1.807) is 10.9 Å². The molecule has 0 aliphatic heterocycles. The highest BCUT2D eigenvalue weighted by Crippen LogP contribution is 2.47. The van der Waals surface area contributed by atoms with E-state index < -0.39 is 5.92 Å². The number of hydrogen-bond acceptors (Lipinski definition) is 4. The minimum absolute atomic E-state index is 0.103. The molecule has 8 heteroatoms. The number of H-pyrrole nitrogens is 1. The average molecular weight is 385 g/mol. The van der Waals surface area contributed by atoms with Gasteiger partial charge in [-0.15, -0.1) is 0 Å². The summed E-state index contributed by atoms with van der Waals surface area (Å²) in [6.07, 6.45) is 5.58. The van der Waals surface area contributed by atoms with E-state index >= 15 is 0 Å². The van der Waals surface area contributed by atoms with Crippen LogP contribution in [0.3, 0.4) is 0 Å². The lowest BCUT2D eigenvalue weighted by Gasteiger charge is -2.35. The first-order valence-corrected chi connectivity index (χ1v) is 9.78. The van der Waals surface area contributed by atoms with Crippen LogP contribution in [-0.2, 0) is 0 Å². The van der Waals surface area contributed by atoms with Crippen LogP contribution in [0.1, 0.15) is 67.9 Å². The Kier molecular flexibility index (Phi) is 4.03. The number of pyridine rings is 1. The maximum Gasteiger partial charge on any atom is 0.262 e. The van der Waals surface area contributed by atoms with Crippen LogP contribution < -0.4 is 5.56 Å². The second kappa shape index (κ2) is 6.46. The second-order valence-corrected chi connectivity index (χ2v) is 7.91. The Morgan fingerprint density at radius 1 is 1.11 bits per heavy atom. The average Bonchev–Trinajstić information content (AvgIpc) is 3.06. The molecule has 1 unspecified atom stereocenters. The molecule has 0 saturated heterocycles. The molecule has 28 heavy (non-hydrogen) atoms. The Balaban J connectivity index is 1.49. The van der Waals surface area contributed by atoms with Crippen molar-refractivity contribution in [2.24, 2.45) is 0 Å². The topological polar surface area (TPSA) is 76.5 Å². The van der Waals surface area contributed by atoms with Gasteiger partial charge < -0.3 is 4.98 Å². The summed E-state index contributed by atoms with van der Waals surface area (Å²) < 4.78 is 28.7. The normalized spacial score (nSPS) is 24.9. The maximum absolute atomic E-state index is 13.5. The number of aromatic amines is 1. The van der Waals surface area contributed by atoms with E-state index in [2.05, 4.69) is 15.1 Å². The molecule has 0 radical (unpaired) electrons. The van der Waals surface area contributed by atoms with E-state index in [-0.39, 0.29) is 36.3 Å². The first-order chi connectivity index (χ1) is 13.5. The van der Waals surface area contributed by atoms with Gasteiger partial charge in [-0.05, 0) is 37.8 Å². The monoisotopic (exact) mass is 385 g/mol. The SMILES string of the molecule is O=c1[nH]c([C@H]2CCC2c2ccccn2)nc2c1cnn2C1CCC(F)(F)CC1.